The van der Waals surface area contributed by atoms with Crippen molar-refractivity contribution in [3.05, 3.63) is 28.8 Å². The Morgan fingerprint density at radius 2 is 1.94 bits per heavy atom. The minimum atomic E-state index is -0.234. The first-order valence-corrected chi connectivity index (χ1v) is 5.83. The second-order valence-corrected chi connectivity index (χ2v) is 4.61. The zero-order valence-corrected chi connectivity index (χ0v) is 10.9. The number of amides is 2. The monoisotopic (exact) mass is 256 g/mol. The van der Waals surface area contributed by atoms with E-state index >= 15 is 0 Å². The maximum Gasteiger partial charge on any atom is 0.315 e. The summed E-state index contributed by atoms with van der Waals surface area (Å²) in [7, 11) is 0. The van der Waals surface area contributed by atoms with Gasteiger partial charge in [0.15, 0.2) is 0 Å². The van der Waals surface area contributed by atoms with Gasteiger partial charge in [0.25, 0.3) is 0 Å². The Morgan fingerprint density at radius 3 is 2.47 bits per heavy atom. The minimum Gasteiger partial charge on any atom is -0.506 e. The third kappa shape index (κ3) is 4.15. The van der Waals surface area contributed by atoms with Gasteiger partial charge < -0.3 is 15.7 Å². The molecule has 2 amide bonds. The van der Waals surface area contributed by atoms with Crippen molar-refractivity contribution in [3.63, 3.8) is 0 Å². The van der Waals surface area contributed by atoms with Gasteiger partial charge in [-0.15, -0.1) is 0 Å². The van der Waals surface area contributed by atoms with Crippen LogP contribution in [-0.4, -0.2) is 17.2 Å². The van der Waals surface area contributed by atoms with Crippen molar-refractivity contribution in [2.24, 2.45) is 0 Å². The largest absolute Gasteiger partial charge is 0.506 e. The molecule has 1 aromatic rings. The average Bonchev–Trinajstić information content (AvgIpc) is 2.20. The van der Waals surface area contributed by atoms with Crippen LogP contribution in [0, 0.1) is 0 Å². The summed E-state index contributed by atoms with van der Waals surface area (Å²) in [4.78, 5) is 11.5. The van der Waals surface area contributed by atoms with Crippen LogP contribution in [-0.2, 0) is 0 Å². The van der Waals surface area contributed by atoms with Crippen molar-refractivity contribution >= 4 is 17.6 Å². The van der Waals surface area contributed by atoms with Crippen molar-refractivity contribution in [3.8, 4) is 5.75 Å². The summed E-state index contributed by atoms with van der Waals surface area (Å²) in [5, 5.41) is 15.3. The van der Waals surface area contributed by atoms with E-state index in [2.05, 4.69) is 10.6 Å². The van der Waals surface area contributed by atoms with E-state index in [9.17, 15) is 9.90 Å². The molecule has 0 radical (unpaired) electrons. The number of carbonyl (C=O) groups excluding carboxylic acids is 1. The fourth-order valence-corrected chi connectivity index (χ4v) is 1.50. The normalized spacial score (nSPS) is 12.3. The van der Waals surface area contributed by atoms with Crippen molar-refractivity contribution in [1.29, 1.82) is 0 Å². The summed E-state index contributed by atoms with van der Waals surface area (Å²) >= 11 is 5.71. The lowest BCUT2D eigenvalue weighted by atomic mass is 10.1. The lowest BCUT2D eigenvalue weighted by Gasteiger charge is -2.16. The highest BCUT2D eigenvalue weighted by atomic mass is 35.5. The van der Waals surface area contributed by atoms with Crippen molar-refractivity contribution in [2.45, 2.75) is 32.9 Å². The third-order valence-corrected chi connectivity index (χ3v) is 2.56. The Kier molecular flexibility index (Phi) is 4.63. The molecule has 94 valence electrons. The van der Waals surface area contributed by atoms with Gasteiger partial charge in [0.2, 0.25) is 0 Å². The summed E-state index contributed by atoms with van der Waals surface area (Å²) < 4.78 is 0. The molecule has 0 bridgehead atoms. The van der Waals surface area contributed by atoms with Gasteiger partial charge in [-0.1, -0.05) is 17.7 Å². The van der Waals surface area contributed by atoms with Gasteiger partial charge in [0.1, 0.15) is 5.75 Å². The molecule has 0 heterocycles. The van der Waals surface area contributed by atoms with Crippen LogP contribution in [0.1, 0.15) is 32.4 Å². The molecule has 4 nitrogen and oxygen atoms in total. The predicted octanol–water partition coefficient (Wildman–Crippen LogP) is 2.81. The number of nitrogens with one attached hydrogen (secondary N) is 2. The molecule has 0 aliphatic rings. The minimum absolute atomic E-state index is 0.0158. The molecule has 17 heavy (non-hydrogen) atoms. The van der Waals surface area contributed by atoms with E-state index in [0.717, 1.165) is 5.56 Å². The van der Waals surface area contributed by atoms with Crippen LogP contribution < -0.4 is 10.6 Å². The van der Waals surface area contributed by atoms with Crippen LogP contribution in [0.25, 0.3) is 0 Å². The zero-order chi connectivity index (χ0) is 13.0. The summed E-state index contributed by atoms with van der Waals surface area (Å²) in [5.41, 5.74) is 0.797. The number of hydrogen-bond donors (Lipinski definition) is 3. The standard InChI is InChI=1S/C12H17ClN2O2/c1-7(2)14-12(17)15-8(3)9-4-5-10(13)11(16)6-9/h4-8,16H,1-3H3,(H2,14,15,17)/t8-/m1/s1. The van der Waals surface area contributed by atoms with E-state index in [1.54, 1.807) is 18.2 Å². The molecule has 0 aliphatic heterocycles. The summed E-state index contributed by atoms with van der Waals surface area (Å²) in [5.74, 6) is 0.0158. The molecule has 0 aromatic heterocycles. The fraction of sp³-hybridized carbons (Fsp3) is 0.417. The first-order valence-electron chi connectivity index (χ1n) is 5.45. The highest BCUT2D eigenvalue weighted by Gasteiger charge is 2.11. The molecule has 3 N–H and O–H groups in total. The molecule has 0 spiro atoms. The summed E-state index contributed by atoms with van der Waals surface area (Å²) in [6, 6.07) is 4.56. The van der Waals surface area contributed by atoms with Crippen LogP contribution in [0.5, 0.6) is 5.75 Å². The Labute approximate surface area is 106 Å². The first-order chi connectivity index (χ1) is 7.90. The SMILES string of the molecule is CC(C)NC(=O)N[C@H](C)c1ccc(Cl)c(O)c1. The summed E-state index contributed by atoms with van der Waals surface area (Å²) in [6.45, 7) is 5.61. The number of carbonyl (C=O) groups is 1. The molecule has 5 heteroatoms. The van der Waals surface area contributed by atoms with Gasteiger partial charge in [0, 0.05) is 6.04 Å². The van der Waals surface area contributed by atoms with Crippen LogP contribution in [0.2, 0.25) is 5.02 Å². The van der Waals surface area contributed by atoms with E-state index in [-0.39, 0.29) is 23.9 Å². The lowest BCUT2D eigenvalue weighted by molar-refractivity contribution is 0.235. The van der Waals surface area contributed by atoms with E-state index in [1.807, 2.05) is 20.8 Å². The molecule has 0 fully saturated rings. The second-order valence-electron chi connectivity index (χ2n) is 4.21. The average molecular weight is 257 g/mol. The highest BCUT2D eigenvalue weighted by Crippen LogP contribution is 2.26. The van der Waals surface area contributed by atoms with E-state index < -0.39 is 0 Å². The Morgan fingerprint density at radius 1 is 1.29 bits per heavy atom. The van der Waals surface area contributed by atoms with Crippen molar-refractivity contribution in [1.82, 2.24) is 10.6 Å². The molecule has 1 aromatic carbocycles. The topological polar surface area (TPSA) is 61.4 Å². The number of halogens is 1. The number of urea groups is 1. The Balaban J connectivity index is 2.66. The molecule has 0 unspecified atom stereocenters. The quantitative estimate of drug-likeness (QED) is 0.779. The zero-order valence-electron chi connectivity index (χ0n) is 10.1. The number of phenols is 1. The Bertz CT molecular complexity index is 407. The van der Waals surface area contributed by atoms with Crippen LogP contribution >= 0.6 is 11.6 Å². The highest BCUT2D eigenvalue weighted by molar-refractivity contribution is 6.32. The smallest absolute Gasteiger partial charge is 0.315 e. The predicted molar refractivity (Wildman–Crippen MR) is 68.3 cm³/mol. The van der Waals surface area contributed by atoms with Crippen LogP contribution in [0.4, 0.5) is 4.79 Å². The molecule has 0 saturated heterocycles. The van der Waals surface area contributed by atoms with Crippen molar-refractivity contribution in [2.75, 3.05) is 0 Å². The number of rotatable bonds is 3. The van der Waals surface area contributed by atoms with Gasteiger partial charge in [0.05, 0.1) is 11.1 Å². The summed E-state index contributed by atoms with van der Waals surface area (Å²) in [6.07, 6.45) is 0. The van der Waals surface area contributed by atoms with E-state index in [1.165, 1.54) is 0 Å². The van der Waals surface area contributed by atoms with E-state index in [0.29, 0.717) is 5.02 Å². The van der Waals surface area contributed by atoms with Gasteiger partial charge in [-0.2, -0.15) is 0 Å². The maximum atomic E-state index is 11.5. The fourth-order valence-electron chi connectivity index (χ4n) is 1.38. The number of phenolic OH excluding ortho intramolecular Hbond substituents is 1. The number of benzene rings is 1. The van der Waals surface area contributed by atoms with Gasteiger partial charge >= 0.3 is 6.03 Å². The molecule has 0 saturated carbocycles. The van der Waals surface area contributed by atoms with Gasteiger partial charge in [-0.25, -0.2) is 4.79 Å². The number of hydrogen-bond acceptors (Lipinski definition) is 2. The molecular formula is C12H17ClN2O2. The van der Waals surface area contributed by atoms with Crippen molar-refractivity contribution < 1.29 is 9.90 Å². The lowest BCUT2D eigenvalue weighted by Crippen LogP contribution is -2.40. The third-order valence-electron chi connectivity index (χ3n) is 2.24. The molecule has 1 rings (SSSR count). The number of aromatic hydroxyl groups is 1. The Hall–Kier alpha value is -1.42. The molecule has 1 atom stereocenters. The molecular weight excluding hydrogens is 240 g/mol. The maximum absolute atomic E-state index is 11.5. The van der Waals surface area contributed by atoms with Crippen LogP contribution in [0.15, 0.2) is 18.2 Å². The second kappa shape index (κ2) is 5.77. The van der Waals surface area contributed by atoms with Crippen LogP contribution in [0.3, 0.4) is 0 Å². The van der Waals surface area contributed by atoms with E-state index in [4.69, 9.17) is 11.6 Å². The first kappa shape index (κ1) is 13.6. The van der Waals surface area contributed by atoms with Gasteiger partial charge in [-0.3, -0.25) is 0 Å². The van der Waals surface area contributed by atoms with Gasteiger partial charge in [-0.05, 0) is 38.5 Å². The molecule has 0 aliphatic carbocycles.